The highest BCUT2D eigenvalue weighted by Gasteiger charge is 2.45. The monoisotopic (exact) mass is 406 g/mol. The molecule has 1 fully saturated rings. The van der Waals surface area contributed by atoms with Crippen molar-refractivity contribution in [3.8, 4) is 0 Å². The van der Waals surface area contributed by atoms with Crippen LogP contribution in [0.2, 0.25) is 0 Å². The quantitative estimate of drug-likeness (QED) is 0.385. The second-order valence-corrected chi connectivity index (χ2v) is 7.14. The fraction of sp³-hybridized carbons (Fsp3) is 0.632. The maximum Gasteiger partial charge on any atom is 0.207 e. The molecule has 4 atom stereocenters. The largest absolute Gasteiger partial charge is 0.394 e. The van der Waals surface area contributed by atoms with Crippen molar-refractivity contribution in [2.75, 3.05) is 24.2 Å². The van der Waals surface area contributed by atoms with Crippen LogP contribution in [0.25, 0.3) is 17.2 Å². The van der Waals surface area contributed by atoms with Gasteiger partial charge in [-0.05, 0) is 18.9 Å². The van der Waals surface area contributed by atoms with E-state index in [-0.39, 0.29) is 5.82 Å². The Hall–Kier alpha value is -2.27. The molecule has 6 N–H and O–H groups in total. The van der Waals surface area contributed by atoms with Gasteiger partial charge in [-0.1, -0.05) is 32.8 Å². The van der Waals surface area contributed by atoms with Crippen LogP contribution in [-0.2, 0) is 4.74 Å². The number of hydrogen-bond acceptors (Lipinski definition) is 9. The lowest BCUT2D eigenvalue weighted by Crippen LogP contribution is -2.33. The first-order valence-corrected chi connectivity index (χ1v) is 10.1. The van der Waals surface area contributed by atoms with Crippen LogP contribution in [0.3, 0.4) is 0 Å². The van der Waals surface area contributed by atoms with Gasteiger partial charge in [0.25, 0.3) is 0 Å². The minimum atomic E-state index is -1.26. The van der Waals surface area contributed by atoms with Crippen LogP contribution < -0.4 is 11.1 Å². The molecular formula is C19H30N6O4. The fourth-order valence-corrected chi connectivity index (χ4v) is 3.29. The first kappa shape index (κ1) is 21.4. The molecule has 0 amide bonds. The predicted octanol–water partition coefficient (Wildman–Crippen LogP) is 1.05. The van der Waals surface area contributed by atoms with Gasteiger partial charge in [-0.15, -0.1) is 0 Å². The van der Waals surface area contributed by atoms with E-state index in [2.05, 4.69) is 27.2 Å². The van der Waals surface area contributed by atoms with E-state index in [1.54, 1.807) is 10.6 Å². The number of aromatic nitrogens is 4. The van der Waals surface area contributed by atoms with Gasteiger partial charge in [-0.2, -0.15) is 0 Å². The molecule has 0 saturated carbocycles. The molecule has 160 valence electrons. The number of rotatable bonds is 9. The Morgan fingerprint density at radius 1 is 1.17 bits per heavy atom. The molecule has 0 aromatic carbocycles. The summed E-state index contributed by atoms with van der Waals surface area (Å²) in [6.07, 6.45) is 3.36. The summed E-state index contributed by atoms with van der Waals surface area (Å²) in [5.41, 5.74) is 6.90. The highest BCUT2D eigenvalue weighted by molar-refractivity contribution is 5.85. The number of aliphatic hydroxyl groups excluding tert-OH is 3. The number of allylic oxidation sites excluding steroid dienone is 1. The number of hydrogen-bond donors (Lipinski definition) is 5. The smallest absolute Gasteiger partial charge is 0.207 e. The van der Waals surface area contributed by atoms with Gasteiger partial charge in [0.2, 0.25) is 5.95 Å². The van der Waals surface area contributed by atoms with Crippen LogP contribution in [0.15, 0.2) is 6.08 Å². The Morgan fingerprint density at radius 2 is 1.97 bits per heavy atom. The topological polar surface area (TPSA) is 152 Å². The standard InChI is InChI=1S/C19H30N6O4/c1-3-5-6-7-8-12-22-16(20)13-17(23-12)25(19(24-13)21-9-4-2)18-15(28)14(27)11(10-26)29-18/h7-8,11,14-15,18,26-28H,3-6,9-10H2,1-2H3,(H,21,24)(H2,20,22,23)/b8-7+/t11-,14?,15?,18-/m1/s1. The summed E-state index contributed by atoms with van der Waals surface area (Å²) in [5, 5.41) is 33.3. The minimum Gasteiger partial charge on any atom is -0.394 e. The molecule has 2 aromatic rings. The molecule has 2 aromatic heterocycles. The van der Waals surface area contributed by atoms with E-state index >= 15 is 0 Å². The zero-order valence-corrected chi connectivity index (χ0v) is 16.8. The van der Waals surface area contributed by atoms with Gasteiger partial charge in [0.1, 0.15) is 18.3 Å². The molecule has 3 rings (SSSR count). The summed E-state index contributed by atoms with van der Waals surface area (Å²) in [7, 11) is 0. The number of ether oxygens (including phenoxy) is 1. The highest BCUT2D eigenvalue weighted by Crippen LogP contribution is 2.35. The van der Waals surface area contributed by atoms with Gasteiger partial charge in [-0.25, -0.2) is 15.0 Å². The molecule has 2 unspecified atom stereocenters. The Labute approximate surface area is 169 Å². The van der Waals surface area contributed by atoms with Gasteiger partial charge in [-0.3, -0.25) is 4.57 Å². The summed E-state index contributed by atoms with van der Waals surface area (Å²) in [6.45, 7) is 4.36. The number of fused-ring (bicyclic) bond motifs is 1. The van der Waals surface area contributed by atoms with E-state index in [9.17, 15) is 15.3 Å². The molecule has 1 aliphatic rings. The molecule has 0 aliphatic carbocycles. The molecule has 10 heteroatoms. The van der Waals surface area contributed by atoms with Crippen molar-refractivity contribution in [1.82, 2.24) is 19.5 Å². The molecular weight excluding hydrogens is 376 g/mol. The van der Waals surface area contributed by atoms with Crippen LogP contribution in [0.1, 0.15) is 51.6 Å². The van der Waals surface area contributed by atoms with Gasteiger partial charge in [0, 0.05) is 6.54 Å². The van der Waals surface area contributed by atoms with Crippen molar-refractivity contribution in [3.63, 3.8) is 0 Å². The number of imidazole rings is 1. The predicted molar refractivity (Wildman–Crippen MR) is 110 cm³/mol. The number of nitrogens with two attached hydrogens (primary N) is 1. The molecule has 0 bridgehead atoms. The van der Waals surface area contributed by atoms with Crippen molar-refractivity contribution < 1.29 is 20.1 Å². The van der Waals surface area contributed by atoms with Crippen molar-refractivity contribution in [1.29, 1.82) is 0 Å². The summed E-state index contributed by atoms with van der Waals surface area (Å²) in [4.78, 5) is 13.4. The summed E-state index contributed by atoms with van der Waals surface area (Å²) in [6, 6.07) is 0. The summed E-state index contributed by atoms with van der Waals surface area (Å²) in [5.74, 6) is 1.06. The average molecular weight is 406 g/mol. The van der Waals surface area contributed by atoms with E-state index in [0.717, 1.165) is 25.7 Å². The van der Waals surface area contributed by atoms with Crippen LogP contribution in [0, 0.1) is 0 Å². The molecule has 0 radical (unpaired) electrons. The summed E-state index contributed by atoms with van der Waals surface area (Å²) < 4.78 is 7.29. The fourth-order valence-electron chi connectivity index (χ4n) is 3.29. The molecule has 29 heavy (non-hydrogen) atoms. The maximum atomic E-state index is 10.5. The molecule has 1 saturated heterocycles. The second-order valence-electron chi connectivity index (χ2n) is 7.14. The van der Waals surface area contributed by atoms with Crippen molar-refractivity contribution in [2.24, 2.45) is 0 Å². The van der Waals surface area contributed by atoms with E-state index in [4.69, 9.17) is 10.5 Å². The third-order valence-corrected chi connectivity index (χ3v) is 4.88. The number of anilines is 2. The van der Waals surface area contributed by atoms with Crippen molar-refractivity contribution >= 4 is 29.0 Å². The van der Waals surface area contributed by atoms with E-state index in [1.807, 2.05) is 13.0 Å². The van der Waals surface area contributed by atoms with E-state index in [1.165, 1.54) is 0 Å². The first-order valence-electron chi connectivity index (χ1n) is 10.1. The van der Waals surface area contributed by atoms with Crippen LogP contribution in [0.5, 0.6) is 0 Å². The third kappa shape index (κ3) is 4.35. The normalized spacial score (nSPS) is 24.7. The Morgan fingerprint density at radius 3 is 2.62 bits per heavy atom. The Bertz CT molecular complexity index is 855. The highest BCUT2D eigenvalue weighted by atomic mass is 16.6. The zero-order chi connectivity index (χ0) is 21.0. The van der Waals surface area contributed by atoms with Gasteiger partial charge < -0.3 is 31.1 Å². The molecule has 0 spiro atoms. The zero-order valence-electron chi connectivity index (χ0n) is 16.8. The number of nitrogens with zero attached hydrogens (tertiary/aromatic N) is 4. The number of unbranched alkanes of at least 4 members (excludes halogenated alkanes) is 2. The lowest BCUT2D eigenvalue weighted by Gasteiger charge is -2.19. The minimum absolute atomic E-state index is 0.218. The first-order chi connectivity index (χ1) is 14.0. The Kier molecular flexibility index (Phi) is 7.01. The lowest BCUT2D eigenvalue weighted by molar-refractivity contribution is -0.0501. The number of aliphatic hydroxyl groups is 3. The Balaban J connectivity index is 2.07. The van der Waals surface area contributed by atoms with E-state index in [0.29, 0.717) is 29.5 Å². The van der Waals surface area contributed by atoms with Gasteiger partial charge in [0.05, 0.1) is 6.61 Å². The number of nitrogens with one attached hydrogen (secondary N) is 1. The van der Waals surface area contributed by atoms with Crippen molar-refractivity contribution in [3.05, 3.63) is 11.9 Å². The molecule has 10 nitrogen and oxygen atoms in total. The van der Waals surface area contributed by atoms with Gasteiger partial charge >= 0.3 is 0 Å². The third-order valence-electron chi connectivity index (χ3n) is 4.88. The van der Waals surface area contributed by atoms with Crippen LogP contribution >= 0.6 is 0 Å². The summed E-state index contributed by atoms with van der Waals surface area (Å²) >= 11 is 0. The SMILES string of the molecule is CCCC/C=C/c1nc(N)c2nc(NCCC)n([C@@H]3O[C@H](CO)C(O)C3O)c2n1. The van der Waals surface area contributed by atoms with E-state index < -0.39 is 31.1 Å². The van der Waals surface area contributed by atoms with Crippen molar-refractivity contribution in [2.45, 2.75) is 64.1 Å². The van der Waals surface area contributed by atoms with Crippen LogP contribution in [0.4, 0.5) is 11.8 Å². The molecule has 1 aliphatic heterocycles. The number of nitrogen functional groups attached to an aromatic ring is 1. The average Bonchev–Trinajstić information content (AvgIpc) is 3.21. The van der Waals surface area contributed by atoms with Gasteiger partial charge in [0.15, 0.2) is 29.0 Å². The van der Waals surface area contributed by atoms with Crippen LogP contribution in [-0.4, -0.2) is 66.3 Å². The molecule has 3 heterocycles. The maximum absolute atomic E-state index is 10.5. The second kappa shape index (κ2) is 9.49. The lowest BCUT2D eigenvalue weighted by atomic mass is 10.1.